The predicted octanol–water partition coefficient (Wildman–Crippen LogP) is 3.83. The smallest absolute Gasteiger partial charge is 0.340 e. The number of aliphatic hydroxyl groups excluding tert-OH is 1. The van der Waals surface area contributed by atoms with E-state index >= 15 is 0 Å². The highest BCUT2D eigenvalue weighted by Gasteiger charge is 2.23. The van der Waals surface area contributed by atoms with Crippen molar-refractivity contribution in [2.45, 2.75) is 38.8 Å². The maximum absolute atomic E-state index is 12.8. The standard InChI is InChI=1S/C24H28N2O3/c1-17-23(24(28)29-16-19-6-3-2-4-7-19)21-14-18(9-10-22(21)25-17)11-13-26-12-5-8-20(26)15-27/h2-4,6-7,9-10,14,20,25,27H,5,8,11-13,15-16H2,1H3. The summed E-state index contributed by atoms with van der Waals surface area (Å²) in [5.41, 5.74) is 4.56. The fourth-order valence-corrected chi connectivity index (χ4v) is 4.26. The summed E-state index contributed by atoms with van der Waals surface area (Å²) in [5.74, 6) is -0.297. The molecule has 4 rings (SSSR count). The summed E-state index contributed by atoms with van der Waals surface area (Å²) < 4.78 is 5.58. The summed E-state index contributed by atoms with van der Waals surface area (Å²) in [6, 6.07) is 16.3. The molecule has 3 aromatic rings. The van der Waals surface area contributed by atoms with Crippen LogP contribution >= 0.6 is 0 Å². The lowest BCUT2D eigenvalue weighted by molar-refractivity contribution is 0.0474. The van der Waals surface area contributed by atoms with Crippen LogP contribution < -0.4 is 0 Å². The predicted molar refractivity (Wildman–Crippen MR) is 114 cm³/mol. The Bertz CT molecular complexity index is 980. The molecule has 0 aliphatic carbocycles. The van der Waals surface area contributed by atoms with Crippen LogP contribution in [-0.4, -0.2) is 46.7 Å². The minimum absolute atomic E-state index is 0.230. The number of aliphatic hydroxyl groups is 1. The van der Waals surface area contributed by atoms with Crippen LogP contribution in [0.5, 0.6) is 0 Å². The first kappa shape index (κ1) is 19.7. The molecule has 1 aliphatic rings. The Morgan fingerprint density at radius 2 is 2.03 bits per heavy atom. The number of ether oxygens (including phenoxy) is 1. The molecular formula is C24H28N2O3. The molecule has 0 radical (unpaired) electrons. The van der Waals surface area contributed by atoms with Crippen molar-refractivity contribution in [2.75, 3.05) is 19.7 Å². The van der Waals surface area contributed by atoms with Crippen molar-refractivity contribution in [1.29, 1.82) is 0 Å². The lowest BCUT2D eigenvalue weighted by atomic mass is 10.1. The van der Waals surface area contributed by atoms with Crippen LogP contribution in [0.4, 0.5) is 0 Å². The molecule has 1 atom stereocenters. The number of carbonyl (C=O) groups excluding carboxylic acids is 1. The van der Waals surface area contributed by atoms with Gasteiger partial charge in [-0.25, -0.2) is 4.79 Å². The van der Waals surface area contributed by atoms with Gasteiger partial charge in [-0.3, -0.25) is 4.90 Å². The number of likely N-dealkylation sites (tertiary alicyclic amines) is 1. The van der Waals surface area contributed by atoms with Crippen LogP contribution in [0.25, 0.3) is 10.9 Å². The fraction of sp³-hybridized carbons (Fsp3) is 0.375. The number of carbonyl (C=O) groups is 1. The van der Waals surface area contributed by atoms with Gasteiger partial charge in [-0.2, -0.15) is 0 Å². The molecule has 1 unspecified atom stereocenters. The number of rotatable bonds is 7. The number of aromatic nitrogens is 1. The summed E-state index contributed by atoms with van der Waals surface area (Å²) >= 11 is 0. The van der Waals surface area contributed by atoms with Crippen LogP contribution in [0.3, 0.4) is 0 Å². The summed E-state index contributed by atoms with van der Waals surface area (Å²) in [4.78, 5) is 18.5. The molecule has 1 aromatic heterocycles. The van der Waals surface area contributed by atoms with Crippen molar-refractivity contribution < 1.29 is 14.6 Å². The van der Waals surface area contributed by atoms with E-state index in [9.17, 15) is 9.90 Å². The lowest BCUT2D eigenvalue weighted by Gasteiger charge is -2.22. The first-order valence-electron chi connectivity index (χ1n) is 10.3. The number of esters is 1. The second kappa shape index (κ2) is 8.80. The Kier molecular flexibility index (Phi) is 5.97. The van der Waals surface area contributed by atoms with Gasteiger partial charge in [0.2, 0.25) is 0 Å². The van der Waals surface area contributed by atoms with Gasteiger partial charge in [-0.05, 0) is 56.0 Å². The zero-order chi connectivity index (χ0) is 20.2. The maximum atomic E-state index is 12.8. The summed E-state index contributed by atoms with van der Waals surface area (Å²) in [7, 11) is 0. The topological polar surface area (TPSA) is 65.6 Å². The summed E-state index contributed by atoms with van der Waals surface area (Å²) in [5, 5.41) is 10.4. The second-order valence-corrected chi connectivity index (χ2v) is 7.83. The fourth-order valence-electron chi connectivity index (χ4n) is 4.26. The molecule has 2 heterocycles. The van der Waals surface area contributed by atoms with Crippen LogP contribution in [0, 0.1) is 6.92 Å². The van der Waals surface area contributed by atoms with Gasteiger partial charge in [0.05, 0.1) is 12.2 Å². The van der Waals surface area contributed by atoms with E-state index in [0.717, 1.165) is 54.5 Å². The quantitative estimate of drug-likeness (QED) is 0.600. The number of nitrogens with one attached hydrogen (secondary N) is 1. The van der Waals surface area contributed by atoms with Crippen molar-refractivity contribution in [2.24, 2.45) is 0 Å². The zero-order valence-electron chi connectivity index (χ0n) is 16.9. The Morgan fingerprint density at radius 1 is 1.21 bits per heavy atom. The van der Waals surface area contributed by atoms with E-state index < -0.39 is 0 Å². The van der Waals surface area contributed by atoms with Gasteiger partial charge in [-0.1, -0.05) is 36.4 Å². The first-order valence-corrected chi connectivity index (χ1v) is 10.3. The van der Waals surface area contributed by atoms with Gasteiger partial charge in [0.15, 0.2) is 0 Å². The van der Waals surface area contributed by atoms with Gasteiger partial charge < -0.3 is 14.8 Å². The average molecular weight is 392 g/mol. The van der Waals surface area contributed by atoms with E-state index in [2.05, 4.69) is 22.0 Å². The van der Waals surface area contributed by atoms with Crippen molar-refractivity contribution in [3.8, 4) is 0 Å². The highest BCUT2D eigenvalue weighted by molar-refractivity contribution is 6.05. The molecule has 2 aromatic carbocycles. The van der Waals surface area contributed by atoms with Crippen molar-refractivity contribution in [3.05, 3.63) is 70.9 Å². The molecule has 29 heavy (non-hydrogen) atoms. The number of fused-ring (bicyclic) bond motifs is 1. The molecule has 1 aliphatic heterocycles. The van der Waals surface area contributed by atoms with E-state index in [1.807, 2.05) is 43.3 Å². The van der Waals surface area contributed by atoms with Gasteiger partial charge in [-0.15, -0.1) is 0 Å². The molecule has 0 spiro atoms. The van der Waals surface area contributed by atoms with Gasteiger partial charge in [0.25, 0.3) is 0 Å². The zero-order valence-corrected chi connectivity index (χ0v) is 16.9. The molecule has 0 saturated carbocycles. The third-order valence-corrected chi connectivity index (χ3v) is 5.86. The minimum atomic E-state index is -0.297. The SMILES string of the molecule is Cc1[nH]c2ccc(CCN3CCCC3CO)cc2c1C(=O)OCc1ccccc1. The van der Waals surface area contributed by atoms with Gasteiger partial charge in [0, 0.05) is 29.2 Å². The maximum Gasteiger partial charge on any atom is 0.340 e. The molecule has 152 valence electrons. The minimum Gasteiger partial charge on any atom is -0.457 e. The highest BCUT2D eigenvalue weighted by Crippen LogP contribution is 2.25. The Hall–Kier alpha value is -2.63. The lowest BCUT2D eigenvalue weighted by Crippen LogP contribution is -2.33. The Labute approximate surface area is 171 Å². The molecule has 5 heteroatoms. The number of H-pyrrole nitrogens is 1. The van der Waals surface area contributed by atoms with Gasteiger partial charge in [0.1, 0.15) is 6.61 Å². The molecule has 0 amide bonds. The number of hydrogen-bond acceptors (Lipinski definition) is 4. The molecule has 1 fully saturated rings. The molecule has 0 bridgehead atoms. The van der Waals surface area contributed by atoms with E-state index in [1.54, 1.807) is 0 Å². The largest absolute Gasteiger partial charge is 0.457 e. The molecule has 2 N–H and O–H groups in total. The van der Waals surface area contributed by atoms with Gasteiger partial charge >= 0.3 is 5.97 Å². The van der Waals surface area contributed by atoms with Crippen LogP contribution in [-0.2, 0) is 17.8 Å². The van der Waals surface area contributed by atoms with Crippen molar-refractivity contribution >= 4 is 16.9 Å². The third kappa shape index (κ3) is 4.36. The van der Waals surface area contributed by atoms with Crippen LogP contribution in [0.1, 0.15) is 40.0 Å². The van der Waals surface area contributed by atoms with Crippen molar-refractivity contribution in [1.82, 2.24) is 9.88 Å². The molecular weight excluding hydrogens is 364 g/mol. The Morgan fingerprint density at radius 3 is 2.83 bits per heavy atom. The second-order valence-electron chi connectivity index (χ2n) is 7.83. The summed E-state index contributed by atoms with van der Waals surface area (Å²) in [6.45, 7) is 4.38. The van der Waals surface area contributed by atoms with Crippen LogP contribution in [0.15, 0.2) is 48.5 Å². The normalized spacial score (nSPS) is 17.1. The third-order valence-electron chi connectivity index (χ3n) is 5.86. The van der Waals surface area contributed by atoms with Crippen molar-refractivity contribution in [3.63, 3.8) is 0 Å². The highest BCUT2D eigenvalue weighted by atomic mass is 16.5. The van der Waals surface area contributed by atoms with Crippen LogP contribution in [0.2, 0.25) is 0 Å². The number of aromatic amines is 1. The number of nitrogens with zero attached hydrogens (tertiary/aromatic N) is 1. The first-order chi connectivity index (χ1) is 14.2. The molecule has 5 nitrogen and oxygen atoms in total. The summed E-state index contributed by atoms with van der Waals surface area (Å²) in [6.07, 6.45) is 3.12. The molecule has 1 saturated heterocycles. The number of benzene rings is 2. The van der Waals surface area contributed by atoms with E-state index in [-0.39, 0.29) is 25.2 Å². The average Bonchev–Trinajstić information content (AvgIpc) is 3.33. The van der Waals surface area contributed by atoms with E-state index in [0.29, 0.717) is 5.56 Å². The van der Waals surface area contributed by atoms with E-state index in [4.69, 9.17) is 4.74 Å². The number of aryl methyl sites for hydroxylation is 1. The van der Waals surface area contributed by atoms with E-state index in [1.165, 1.54) is 5.56 Å². The number of hydrogen-bond donors (Lipinski definition) is 2. The Balaban J connectivity index is 1.49. The monoisotopic (exact) mass is 392 g/mol.